The van der Waals surface area contributed by atoms with E-state index in [1.165, 1.54) is 42.5 Å². The number of aromatic nitrogens is 1. The Morgan fingerprint density at radius 3 is 2.41 bits per heavy atom. The van der Waals surface area contributed by atoms with Gasteiger partial charge >= 0.3 is 0 Å². The Labute approximate surface area is 181 Å². The third-order valence-electron chi connectivity index (χ3n) is 5.56. The van der Waals surface area contributed by atoms with Gasteiger partial charge in [0.15, 0.2) is 0 Å². The molecule has 1 unspecified atom stereocenters. The van der Waals surface area contributed by atoms with Crippen molar-refractivity contribution in [1.29, 1.82) is 0 Å². The average molecular weight is 430 g/mol. The number of nitrogens with zero attached hydrogens (tertiary/aromatic N) is 1. The van der Waals surface area contributed by atoms with Gasteiger partial charge in [0, 0.05) is 28.4 Å². The number of hydrogen-bond acceptors (Lipinski definition) is 3. The first-order chi connectivity index (χ1) is 15.5. The monoisotopic (exact) mass is 430 g/mol. The number of nitrogens with one attached hydrogen (secondary N) is 1. The van der Waals surface area contributed by atoms with E-state index in [9.17, 15) is 23.5 Å². The maximum atomic E-state index is 13.9. The highest BCUT2D eigenvalue weighted by atomic mass is 19.1. The first kappa shape index (κ1) is 19.7. The van der Waals surface area contributed by atoms with Crippen molar-refractivity contribution in [3.05, 3.63) is 107 Å². The number of anilines is 1. The number of H-pyrrole nitrogens is 1. The van der Waals surface area contributed by atoms with Gasteiger partial charge in [0.1, 0.15) is 17.4 Å². The molecule has 1 aliphatic rings. The van der Waals surface area contributed by atoms with E-state index in [4.69, 9.17) is 0 Å². The minimum Gasteiger partial charge on any atom is -0.507 e. The van der Waals surface area contributed by atoms with Gasteiger partial charge in [-0.15, -0.1) is 0 Å². The van der Waals surface area contributed by atoms with Gasteiger partial charge in [-0.1, -0.05) is 36.4 Å². The number of para-hydroxylation sites is 1. The first-order valence-corrected chi connectivity index (χ1v) is 9.84. The highest BCUT2D eigenvalue weighted by Gasteiger charge is 2.47. The Morgan fingerprint density at radius 2 is 1.66 bits per heavy atom. The molecule has 1 aliphatic heterocycles. The van der Waals surface area contributed by atoms with Crippen LogP contribution in [-0.2, 0) is 9.59 Å². The number of rotatable bonds is 3. The highest BCUT2D eigenvalue weighted by molar-refractivity contribution is 6.51. The summed E-state index contributed by atoms with van der Waals surface area (Å²) < 4.78 is 27.5. The van der Waals surface area contributed by atoms with E-state index in [1.54, 1.807) is 18.3 Å². The summed E-state index contributed by atoms with van der Waals surface area (Å²) in [5, 5.41) is 11.9. The SMILES string of the molecule is O=C1C(=O)N(c2cccc(F)c2)C(c2ccc(F)cc2)/C1=C(/O)c1c[nH]c2ccccc12. The lowest BCUT2D eigenvalue weighted by molar-refractivity contribution is -0.132. The van der Waals surface area contributed by atoms with Crippen molar-refractivity contribution in [2.75, 3.05) is 4.90 Å². The maximum Gasteiger partial charge on any atom is 0.300 e. The number of aromatic amines is 1. The van der Waals surface area contributed by atoms with E-state index in [2.05, 4.69) is 4.98 Å². The number of halogens is 2. The molecule has 5 rings (SSSR count). The topological polar surface area (TPSA) is 73.4 Å². The van der Waals surface area contributed by atoms with Crippen molar-refractivity contribution < 1.29 is 23.5 Å². The zero-order chi connectivity index (χ0) is 22.4. The smallest absolute Gasteiger partial charge is 0.300 e. The van der Waals surface area contributed by atoms with Gasteiger partial charge in [-0.05, 0) is 42.0 Å². The average Bonchev–Trinajstić information content (AvgIpc) is 3.33. The van der Waals surface area contributed by atoms with Crippen LogP contribution in [0.15, 0.2) is 84.6 Å². The summed E-state index contributed by atoms with van der Waals surface area (Å²) in [7, 11) is 0. The summed E-state index contributed by atoms with van der Waals surface area (Å²) in [6.45, 7) is 0. The number of carbonyl (C=O) groups excluding carboxylic acids is 2. The first-order valence-electron chi connectivity index (χ1n) is 9.84. The fourth-order valence-corrected chi connectivity index (χ4v) is 4.10. The molecule has 0 bridgehead atoms. The van der Waals surface area contributed by atoms with Crippen LogP contribution in [0.4, 0.5) is 14.5 Å². The molecule has 0 radical (unpaired) electrons. The van der Waals surface area contributed by atoms with Gasteiger partial charge < -0.3 is 10.1 Å². The predicted octanol–water partition coefficient (Wildman–Crippen LogP) is 5.07. The van der Waals surface area contributed by atoms with E-state index in [-0.39, 0.29) is 17.0 Å². The minimum atomic E-state index is -1.06. The highest BCUT2D eigenvalue weighted by Crippen LogP contribution is 2.43. The molecule has 0 spiro atoms. The number of carbonyl (C=O) groups is 2. The second kappa shape index (κ2) is 7.46. The van der Waals surface area contributed by atoms with E-state index >= 15 is 0 Å². The number of hydrogen-bond donors (Lipinski definition) is 2. The van der Waals surface area contributed by atoms with Gasteiger partial charge in [0.25, 0.3) is 11.7 Å². The summed E-state index contributed by atoms with van der Waals surface area (Å²) in [6, 6.07) is 16.7. The van der Waals surface area contributed by atoms with Crippen molar-refractivity contribution >= 4 is 34.0 Å². The molecule has 5 nitrogen and oxygen atoms in total. The fourth-order valence-electron chi connectivity index (χ4n) is 4.10. The zero-order valence-corrected chi connectivity index (χ0v) is 16.5. The second-order valence-electron chi connectivity index (χ2n) is 7.45. The molecule has 1 atom stereocenters. The molecule has 4 aromatic rings. The molecular weight excluding hydrogens is 414 g/mol. The Morgan fingerprint density at radius 1 is 0.906 bits per heavy atom. The number of aliphatic hydroxyl groups is 1. The van der Waals surface area contributed by atoms with Crippen LogP contribution >= 0.6 is 0 Å². The zero-order valence-electron chi connectivity index (χ0n) is 16.5. The summed E-state index contributed by atoms with van der Waals surface area (Å²) in [4.78, 5) is 30.3. The van der Waals surface area contributed by atoms with Gasteiger partial charge in [-0.25, -0.2) is 8.78 Å². The molecule has 1 fully saturated rings. The lowest BCUT2D eigenvalue weighted by atomic mass is 9.95. The van der Waals surface area contributed by atoms with Gasteiger partial charge in [0.05, 0.1) is 11.6 Å². The molecule has 1 aromatic heterocycles. The van der Waals surface area contributed by atoms with Crippen molar-refractivity contribution in [3.8, 4) is 0 Å². The largest absolute Gasteiger partial charge is 0.507 e. The molecule has 158 valence electrons. The van der Waals surface area contributed by atoms with Crippen LogP contribution in [0, 0.1) is 11.6 Å². The van der Waals surface area contributed by atoms with Crippen LogP contribution in [0.1, 0.15) is 17.2 Å². The Kier molecular flexibility index (Phi) is 4.59. The van der Waals surface area contributed by atoms with Crippen LogP contribution in [-0.4, -0.2) is 21.8 Å². The lowest BCUT2D eigenvalue weighted by Gasteiger charge is -2.25. The fraction of sp³-hybridized carbons (Fsp3) is 0.0400. The van der Waals surface area contributed by atoms with Crippen molar-refractivity contribution in [3.63, 3.8) is 0 Å². The number of aliphatic hydroxyl groups excluding tert-OH is 1. The third-order valence-corrected chi connectivity index (χ3v) is 5.56. The van der Waals surface area contributed by atoms with Crippen LogP contribution in [0.2, 0.25) is 0 Å². The van der Waals surface area contributed by atoms with Crippen molar-refractivity contribution in [2.24, 2.45) is 0 Å². The molecule has 0 aliphatic carbocycles. The number of ketones is 1. The Bertz CT molecular complexity index is 1410. The van der Waals surface area contributed by atoms with E-state index in [0.29, 0.717) is 16.5 Å². The number of fused-ring (bicyclic) bond motifs is 1. The van der Waals surface area contributed by atoms with Gasteiger partial charge in [-0.2, -0.15) is 0 Å². The van der Waals surface area contributed by atoms with Gasteiger partial charge in [0.2, 0.25) is 0 Å². The third kappa shape index (κ3) is 3.06. The van der Waals surface area contributed by atoms with Crippen molar-refractivity contribution in [2.45, 2.75) is 6.04 Å². The molecule has 7 heteroatoms. The Hall–Kier alpha value is -4.26. The summed E-state index contributed by atoms with van der Waals surface area (Å²) in [6.07, 6.45) is 1.55. The standard InChI is InChI=1S/C25H16F2N2O3/c26-15-10-8-14(9-11-15)22-21(23(30)19-13-28-20-7-2-1-6-18(19)20)24(31)25(32)29(22)17-5-3-4-16(27)12-17/h1-13,22,28,30H/b23-21-. The summed E-state index contributed by atoms with van der Waals surface area (Å²) >= 11 is 0. The number of amides is 1. The summed E-state index contributed by atoms with van der Waals surface area (Å²) in [5.41, 5.74) is 1.49. The Balaban J connectivity index is 1.76. The summed E-state index contributed by atoms with van der Waals surface area (Å²) in [5.74, 6) is -3.27. The molecule has 1 saturated heterocycles. The van der Waals surface area contributed by atoms with Gasteiger partial charge in [-0.3, -0.25) is 14.5 Å². The molecule has 0 saturated carbocycles. The normalized spacial score (nSPS) is 17.9. The number of Topliss-reactive ketones (excluding diaryl/α,β-unsaturated/α-hetero) is 1. The van der Waals surface area contributed by atoms with E-state index in [1.807, 2.05) is 12.1 Å². The van der Waals surface area contributed by atoms with E-state index in [0.717, 1.165) is 16.5 Å². The molecule has 32 heavy (non-hydrogen) atoms. The van der Waals surface area contributed by atoms with E-state index < -0.39 is 29.4 Å². The maximum absolute atomic E-state index is 13.9. The van der Waals surface area contributed by atoms with Crippen molar-refractivity contribution in [1.82, 2.24) is 4.98 Å². The van der Waals surface area contributed by atoms with Crippen LogP contribution < -0.4 is 4.90 Å². The van der Waals surface area contributed by atoms with Crippen LogP contribution in [0.25, 0.3) is 16.7 Å². The van der Waals surface area contributed by atoms with Crippen LogP contribution in [0.3, 0.4) is 0 Å². The second-order valence-corrected chi connectivity index (χ2v) is 7.45. The molecule has 1 amide bonds. The minimum absolute atomic E-state index is 0.152. The molecule has 2 N–H and O–H groups in total. The quantitative estimate of drug-likeness (QED) is 0.271. The predicted molar refractivity (Wildman–Crippen MR) is 116 cm³/mol. The molecular formula is C25H16F2N2O3. The number of benzene rings is 3. The lowest BCUT2D eigenvalue weighted by Crippen LogP contribution is -2.29. The molecule has 3 aromatic carbocycles. The molecule has 2 heterocycles. The van der Waals surface area contributed by atoms with Crippen LogP contribution in [0.5, 0.6) is 0 Å².